The SMILES string of the molecule is CC/C=C\C/C=C\C/C=C\C/C=C\C/C=C\CCCC(=O)OC(COC(=O)CCCCCC/C=C\CCCC)COC(=O)CCCCCCCCCCCCCCCCCCCC. The van der Waals surface area contributed by atoms with Gasteiger partial charge in [0.2, 0.25) is 0 Å². The molecule has 63 heavy (non-hydrogen) atoms. The van der Waals surface area contributed by atoms with Gasteiger partial charge in [-0.15, -0.1) is 0 Å². The molecule has 0 spiro atoms. The molecule has 0 radical (unpaired) electrons. The van der Waals surface area contributed by atoms with E-state index in [1.54, 1.807) is 0 Å². The second-order valence-electron chi connectivity index (χ2n) is 17.4. The van der Waals surface area contributed by atoms with Gasteiger partial charge in [0.25, 0.3) is 0 Å². The summed E-state index contributed by atoms with van der Waals surface area (Å²) < 4.78 is 16.7. The summed E-state index contributed by atoms with van der Waals surface area (Å²) in [5.41, 5.74) is 0. The Morgan fingerprint density at radius 1 is 0.333 bits per heavy atom. The van der Waals surface area contributed by atoms with Crippen LogP contribution in [-0.2, 0) is 28.6 Å². The Hall–Kier alpha value is -3.15. The summed E-state index contributed by atoms with van der Waals surface area (Å²) in [6.45, 7) is 6.43. The van der Waals surface area contributed by atoms with Crippen molar-refractivity contribution in [2.45, 2.75) is 258 Å². The number of allylic oxidation sites excluding steroid dienone is 12. The molecule has 0 heterocycles. The summed E-state index contributed by atoms with van der Waals surface area (Å²) in [5, 5.41) is 0. The number of hydrogen-bond acceptors (Lipinski definition) is 6. The molecule has 0 fully saturated rings. The van der Waals surface area contributed by atoms with Crippen LogP contribution >= 0.6 is 0 Å². The second-order valence-corrected chi connectivity index (χ2v) is 17.4. The molecule has 362 valence electrons. The minimum atomic E-state index is -0.807. The molecule has 0 aromatic rings. The molecule has 6 heteroatoms. The molecule has 0 aliphatic carbocycles. The maximum atomic E-state index is 12.8. The lowest BCUT2D eigenvalue weighted by atomic mass is 10.0. The molecular weight excluding hydrogens is 781 g/mol. The van der Waals surface area contributed by atoms with Gasteiger partial charge in [-0.25, -0.2) is 0 Å². The maximum Gasteiger partial charge on any atom is 0.306 e. The van der Waals surface area contributed by atoms with Crippen LogP contribution < -0.4 is 0 Å². The summed E-state index contributed by atoms with van der Waals surface area (Å²) in [4.78, 5) is 37.9. The first-order chi connectivity index (χ1) is 31.0. The van der Waals surface area contributed by atoms with Crippen molar-refractivity contribution in [3.8, 4) is 0 Å². The highest BCUT2D eigenvalue weighted by atomic mass is 16.6. The molecule has 0 rings (SSSR count). The number of esters is 3. The van der Waals surface area contributed by atoms with Crippen LogP contribution in [0.3, 0.4) is 0 Å². The molecule has 0 saturated heterocycles. The van der Waals surface area contributed by atoms with E-state index in [0.29, 0.717) is 19.3 Å². The summed E-state index contributed by atoms with van der Waals surface area (Å²) in [7, 11) is 0. The van der Waals surface area contributed by atoms with Crippen LogP contribution in [0.1, 0.15) is 252 Å². The van der Waals surface area contributed by atoms with Crippen LogP contribution in [0, 0.1) is 0 Å². The number of hydrogen-bond donors (Lipinski definition) is 0. The van der Waals surface area contributed by atoms with Crippen molar-refractivity contribution in [1.82, 2.24) is 0 Å². The second kappa shape index (κ2) is 51.5. The molecule has 0 aliphatic heterocycles. The lowest BCUT2D eigenvalue weighted by Crippen LogP contribution is -2.30. The lowest BCUT2D eigenvalue weighted by Gasteiger charge is -2.18. The first-order valence-electron chi connectivity index (χ1n) is 26.4. The molecule has 0 aromatic heterocycles. The van der Waals surface area contributed by atoms with Gasteiger partial charge < -0.3 is 14.2 Å². The smallest absolute Gasteiger partial charge is 0.306 e. The number of carbonyl (C=O) groups is 3. The third-order valence-electron chi connectivity index (χ3n) is 11.2. The average molecular weight is 879 g/mol. The highest BCUT2D eigenvalue weighted by Gasteiger charge is 2.19. The fourth-order valence-corrected chi connectivity index (χ4v) is 7.22. The number of unbranched alkanes of at least 4 members (excludes halogenated alkanes) is 24. The standard InChI is InChI=1S/C57H98O6/c1-4-7-10-13-16-19-22-24-26-28-30-31-33-35-38-41-44-47-50-56(59)62-53-54(52-61-55(58)49-46-43-40-37-21-18-15-12-9-6-3)63-57(60)51-48-45-42-39-36-34-32-29-27-25-23-20-17-14-11-8-5-2/h8,11,15,17-18,20,25,27,32,34,39,42,54H,4-7,9-10,12-14,16,19,21-24,26,28-31,33,35-38,40-41,43-53H2,1-3H3/b11-8-,18-15-,20-17-,27-25-,34-32-,42-39-. The molecule has 0 amide bonds. The normalized spacial score (nSPS) is 12.6. The number of carbonyl (C=O) groups excluding carboxylic acids is 3. The van der Waals surface area contributed by atoms with Crippen LogP contribution in [0.15, 0.2) is 72.9 Å². The fourth-order valence-electron chi connectivity index (χ4n) is 7.22. The van der Waals surface area contributed by atoms with Crippen molar-refractivity contribution in [3.05, 3.63) is 72.9 Å². The van der Waals surface area contributed by atoms with Gasteiger partial charge in [0.05, 0.1) is 0 Å². The van der Waals surface area contributed by atoms with Gasteiger partial charge in [-0.1, -0.05) is 229 Å². The Morgan fingerprint density at radius 3 is 1.08 bits per heavy atom. The molecule has 1 unspecified atom stereocenters. The monoisotopic (exact) mass is 879 g/mol. The Kier molecular flexibility index (Phi) is 48.9. The van der Waals surface area contributed by atoms with E-state index in [2.05, 4.69) is 93.7 Å². The zero-order valence-electron chi connectivity index (χ0n) is 41.3. The van der Waals surface area contributed by atoms with Crippen molar-refractivity contribution in [2.75, 3.05) is 13.2 Å². The van der Waals surface area contributed by atoms with Crippen molar-refractivity contribution < 1.29 is 28.6 Å². The third kappa shape index (κ3) is 49.7. The third-order valence-corrected chi connectivity index (χ3v) is 11.2. The van der Waals surface area contributed by atoms with E-state index >= 15 is 0 Å². The Morgan fingerprint density at radius 2 is 0.651 bits per heavy atom. The maximum absolute atomic E-state index is 12.8. The van der Waals surface area contributed by atoms with E-state index in [1.165, 1.54) is 109 Å². The Labute approximate surface area is 389 Å². The lowest BCUT2D eigenvalue weighted by molar-refractivity contribution is -0.167. The summed E-state index contributed by atoms with van der Waals surface area (Å²) in [6, 6.07) is 0. The number of rotatable bonds is 47. The molecule has 0 aliphatic rings. The Balaban J connectivity index is 4.41. The molecule has 0 bridgehead atoms. The van der Waals surface area contributed by atoms with Crippen LogP contribution in [-0.4, -0.2) is 37.2 Å². The quantitative estimate of drug-likeness (QED) is 0.0262. The van der Waals surface area contributed by atoms with Crippen LogP contribution in [0.2, 0.25) is 0 Å². The highest BCUT2D eigenvalue weighted by Crippen LogP contribution is 2.15. The first kappa shape index (κ1) is 59.9. The van der Waals surface area contributed by atoms with Gasteiger partial charge in [-0.05, 0) is 77.0 Å². The Bertz CT molecular complexity index is 1190. The van der Waals surface area contributed by atoms with Gasteiger partial charge in [0.15, 0.2) is 6.10 Å². The predicted octanol–water partition coefficient (Wildman–Crippen LogP) is 17.4. The zero-order chi connectivity index (χ0) is 45.8. The van der Waals surface area contributed by atoms with Crippen molar-refractivity contribution >= 4 is 17.9 Å². The van der Waals surface area contributed by atoms with Crippen molar-refractivity contribution in [1.29, 1.82) is 0 Å². The van der Waals surface area contributed by atoms with Gasteiger partial charge in [0, 0.05) is 19.3 Å². The fraction of sp³-hybridized carbons (Fsp3) is 0.737. The van der Waals surface area contributed by atoms with Crippen LogP contribution in [0.4, 0.5) is 0 Å². The number of ether oxygens (including phenoxy) is 3. The zero-order valence-corrected chi connectivity index (χ0v) is 41.3. The van der Waals surface area contributed by atoms with E-state index in [-0.39, 0.29) is 37.5 Å². The minimum absolute atomic E-state index is 0.0998. The minimum Gasteiger partial charge on any atom is -0.462 e. The van der Waals surface area contributed by atoms with Crippen LogP contribution in [0.25, 0.3) is 0 Å². The predicted molar refractivity (Wildman–Crippen MR) is 270 cm³/mol. The van der Waals surface area contributed by atoms with Crippen LogP contribution in [0.5, 0.6) is 0 Å². The molecule has 6 nitrogen and oxygen atoms in total. The summed E-state index contributed by atoms with van der Waals surface area (Å²) in [5.74, 6) is -0.969. The van der Waals surface area contributed by atoms with Crippen molar-refractivity contribution in [2.24, 2.45) is 0 Å². The van der Waals surface area contributed by atoms with E-state index in [0.717, 1.165) is 96.3 Å². The molecule has 0 saturated carbocycles. The van der Waals surface area contributed by atoms with Gasteiger partial charge >= 0.3 is 17.9 Å². The van der Waals surface area contributed by atoms with E-state index in [9.17, 15) is 14.4 Å². The molecule has 0 N–H and O–H groups in total. The molecule has 0 aromatic carbocycles. The van der Waals surface area contributed by atoms with E-state index in [1.807, 2.05) is 0 Å². The van der Waals surface area contributed by atoms with E-state index in [4.69, 9.17) is 14.2 Å². The molecular formula is C57H98O6. The largest absolute Gasteiger partial charge is 0.462 e. The van der Waals surface area contributed by atoms with E-state index < -0.39 is 6.10 Å². The van der Waals surface area contributed by atoms with Crippen molar-refractivity contribution in [3.63, 3.8) is 0 Å². The topological polar surface area (TPSA) is 78.9 Å². The summed E-state index contributed by atoms with van der Waals surface area (Å²) >= 11 is 0. The summed E-state index contributed by atoms with van der Waals surface area (Å²) in [6.07, 6.45) is 64.7. The molecule has 1 atom stereocenters. The van der Waals surface area contributed by atoms with Gasteiger partial charge in [-0.2, -0.15) is 0 Å². The van der Waals surface area contributed by atoms with Gasteiger partial charge in [-0.3, -0.25) is 14.4 Å². The first-order valence-corrected chi connectivity index (χ1v) is 26.4. The average Bonchev–Trinajstić information content (AvgIpc) is 3.28. The highest BCUT2D eigenvalue weighted by molar-refractivity contribution is 5.71. The van der Waals surface area contributed by atoms with Gasteiger partial charge in [0.1, 0.15) is 13.2 Å².